The minimum atomic E-state index is -0.522. The Balaban J connectivity index is 1.71. The number of aromatic nitrogens is 2. The van der Waals surface area contributed by atoms with Gasteiger partial charge in [-0.2, -0.15) is 0 Å². The number of esters is 1. The monoisotopic (exact) mass is 354 g/mol. The van der Waals surface area contributed by atoms with Crippen LogP contribution in [0.2, 0.25) is 5.02 Å². The Labute approximate surface area is 149 Å². The molecule has 2 aromatic heterocycles. The number of halogens is 1. The van der Waals surface area contributed by atoms with E-state index in [2.05, 4.69) is 4.98 Å². The van der Waals surface area contributed by atoms with Crippen LogP contribution in [-0.2, 0) is 16.1 Å². The summed E-state index contributed by atoms with van der Waals surface area (Å²) in [4.78, 5) is 28.3. The fourth-order valence-corrected chi connectivity index (χ4v) is 2.55. The molecular formula is C19H15ClN2O3. The SMILES string of the molecule is Cc1cccn2c(=O)cc(COC(=O)/C=C/c3cccc(Cl)c3)nc12. The molecule has 0 spiro atoms. The third-order valence-corrected chi connectivity index (χ3v) is 3.80. The summed E-state index contributed by atoms with van der Waals surface area (Å²) >= 11 is 5.89. The summed E-state index contributed by atoms with van der Waals surface area (Å²) in [6.45, 7) is 1.80. The maximum absolute atomic E-state index is 12.1. The molecule has 6 heteroatoms. The molecule has 5 nitrogen and oxygen atoms in total. The van der Waals surface area contributed by atoms with Crippen LogP contribution in [0, 0.1) is 6.92 Å². The van der Waals surface area contributed by atoms with Gasteiger partial charge in [0.25, 0.3) is 5.56 Å². The van der Waals surface area contributed by atoms with Crippen molar-refractivity contribution in [1.29, 1.82) is 0 Å². The van der Waals surface area contributed by atoms with Crippen LogP contribution in [0.3, 0.4) is 0 Å². The highest BCUT2D eigenvalue weighted by Crippen LogP contribution is 2.12. The highest BCUT2D eigenvalue weighted by Gasteiger charge is 2.06. The number of nitrogens with zero attached hydrogens (tertiary/aromatic N) is 2. The summed E-state index contributed by atoms with van der Waals surface area (Å²) in [5.74, 6) is -0.522. The Bertz CT molecular complexity index is 1020. The first kappa shape index (κ1) is 16.9. The fourth-order valence-electron chi connectivity index (χ4n) is 2.35. The van der Waals surface area contributed by atoms with Crippen molar-refractivity contribution in [2.75, 3.05) is 0 Å². The maximum Gasteiger partial charge on any atom is 0.331 e. The number of benzene rings is 1. The minimum Gasteiger partial charge on any atom is -0.456 e. The zero-order valence-corrected chi connectivity index (χ0v) is 14.2. The smallest absolute Gasteiger partial charge is 0.331 e. The van der Waals surface area contributed by atoms with Gasteiger partial charge in [0.05, 0.1) is 5.69 Å². The third-order valence-electron chi connectivity index (χ3n) is 3.56. The first-order valence-corrected chi connectivity index (χ1v) is 7.99. The molecule has 0 radical (unpaired) electrons. The second kappa shape index (κ2) is 7.32. The van der Waals surface area contributed by atoms with Crippen molar-refractivity contribution < 1.29 is 9.53 Å². The molecule has 3 aromatic rings. The molecule has 0 fully saturated rings. The molecule has 3 rings (SSSR count). The lowest BCUT2D eigenvalue weighted by Crippen LogP contribution is -2.17. The van der Waals surface area contributed by atoms with Crippen molar-refractivity contribution in [1.82, 2.24) is 9.38 Å². The molecule has 0 aliphatic rings. The summed E-state index contributed by atoms with van der Waals surface area (Å²) in [7, 11) is 0. The van der Waals surface area contributed by atoms with Gasteiger partial charge in [-0.25, -0.2) is 9.78 Å². The van der Waals surface area contributed by atoms with Gasteiger partial charge in [0.15, 0.2) is 0 Å². The molecule has 1 aromatic carbocycles. The lowest BCUT2D eigenvalue weighted by molar-refractivity contribution is -0.139. The molecule has 0 aliphatic carbocycles. The zero-order chi connectivity index (χ0) is 17.8. The Morgan fingerprint density at radius 2 is 2.12 bits per heavy atom. The summed E-state index contributed by atoms with van der Waals surface area (Å²) in [5.41, 5.74) is 2.41. The van der Waals surface area contributed by atoms with E-state index in [1.54, 1.807) is 36.5 Å². The van der Waals surface area contributed by atoms with Crippen LogP contribution in [-0.4, -0.2) is 15.4 Å². The molecule has 0 saturated carbocycles. The van der Waals surface area contributed by atoms with Crippen molar-refractivity contribution in [2.45, 2.75) is 13.5 Å². The lowest BCUT2D eigenvalue weighted by Gasteiger charge is -2.06. The molecule has 0 aliphatic heterocycles. The number of pyridine rings is 1. The largest absolute Gasteiger partial charge is 0.456 e. The first-order valence-electron chi connectivity index (χ1n) is 7.61. The van der Waals surface area contributed by atoms with Crippen LogP contribution >= 0.6 is 11.6 Å². The van der Waals surface area contributed by atoms with Gasteiger partial charge in [0.2, 0.25) is 0 Å². The van der Waals surface area contributed by atoms with E-state index in [9.17, 15) is 9.59 Å². The van der Waals surface area contributed by atoms with Gasteiger partial charge < -0.3 is 4.74 Å². The van der Waals surface area contributed by atoms with E-state index in [1.807, 2.05) is 19.1 Å². The predicted octanol–water partition coefficient (Wildman–Crippen LogP) is 3.41. The van der Waals surface area contributed by atoms with E-state index < -0.39 is 5.97 Å². The zero-order valence-electron chi connectivity index (χ0n) is 13.5. The number of aryl methyl sites for hydroxylation is 1. The summed E-state index contributed by atoms with van der Waals surface area (Å²) < 4.78 is 6.61. The summed E-state index contributed by atoms with van der Waals surface area (Å²) in [6.07, 6.45) is 4.58. The van der Waals surface area contributed by atoms with Crippen LogP contribution in [0.5, 0.6) is 0 Å². The fraction of sp³-hybridized carbons (Fsp3) is 0.105. The molecule has 0 saturated heterocycles. The van der Waals surface area contributed by atoms with Crippen LogP contribution < -0.4 is 5.56 Å². The number of carbonyl (C=O) groups excluding carboxylic acids is 1. The highest BCUT2D eigenvalue weighted by molar-refractivity contribution is 6.30. The van der Waals surface area contributed by atoms with E-state index in [1.165, 1.54) is 16.5 Å². The summed E-state index contributed by atoms with van der Waals surface area (Å²) in [5, 5.41) is 0.590. The van der Waals surface area contributed by atoms with Gasteiger partial charge >= 0.3 is 5.97 Å². The van der Waals surface area contributed by atoms with Crippen LogP contribution in [0.15, 0.2) is 59.5 Å². The lowest BCUT2D eigenvalue weighted by atomic mass is 10.2. The Hall–Kier alpha value is -2.92. The molecule has 0 N–H and O–H groups in total. The quantitative estimate of drug-likeness (QED) is 0.532. The molecule has 0 bridgehead atoms. The number of hydrogen-bond acceptors (Lipinski definition) is 4. The second-order valence-corrected chi connectivity index (χ2v) is 5.90. The standard InChI is InChI=1S/C19H15ClN2O3/c1-13-4-3-9-22-17(23)11-16(21-19(13)22)12-25-18(24)8-7-14-5-2-6-15(20)10-14/h2-11H,12H2,1H3/b8-7+. The van der Waals surface area contributed by atoms with Crippen molar-refractivity contribution in [2.24, 2.45) is 0 Å². The number of carbonyl (C=O) groups is 1. The predicted molar refractivity (Wildman–Crippen MR) is 96.5 cm³/mol. The molecule has 0 amide bonds. The third kappa shape index (κ3) is 4.14. The molecule has 2 heterocycles. The van der Waals surface area contributed by atoms with E-state index in [0.717, 1.165) is 11.1 Å². The summed E-state index contributed by atoms with van der Waals surface area (Å²) in [6, 6.07) is 12.1. The first-order chi connectivity index (χ1) is 12.0. The topological polar surface area (TPSA) is 60.7 Å². The maximum atomic E-state index is 12.1. The average Bonchev–Trinajstić information content (AvgIpc) is 2.59. The average molecular weight is 355 g/mol. The van der Waals surface area contributed by atoms with E-state index >= 15 is 0 Å². The van der Waals surface area contributed by atoms with Gasteiger partial charge in [-0.05, 0) is 42.3 Å². The Morgan fingerprint density at radius 3 is 2.92 bits per heavy atom. The second-order valence-electron chi connectivity index (χ2n) is 5.47. The molecule has 0 atom stereocenters. The molecule has 0 unspecified atom stereocenters. The van der Waals surface area contributed by atoms with Crippen molar-refractivity contribution in [3.05, 3.63) is 86.9 Å². The van der Waals surface area contributed by atoms with Crippen molar-refractivity contribution in [3.8, 4) is 0 Å². The number of ether oxygens (including phenoxy) is 1. The van der Waals surface area contributed by atoms with Crippen molar-refractivity contribution in [3.63, 3.8) is 0 Å². The Kier molecular flexibility index (Phi) is 4.95. The minimum absolute atomic E-state index is 0.0706. The van der Waals surface area contributed by atoms with E-state index in [4.69, 9.17) is 16.3 Å². The van der Waals surface area contributed by atoms with Crippen LogP contribution in [0.4, 0.5) is 0 Å². The number of hydrogen-bond donors (Lipinski definition) is 0. The van der Waals surface area contributed by atoms with E-state index in [-0.39, 0.29) is 12.2 Å². The van der Waals surface area contributed by atoms with E-state index in [0.29, 0.717) is 16.4 Å². The van der Waals surface area contributed by atoms with Gasteiger partial charge in [0.1, 0.15) is 12.3 Å². The van der Waals surface area contributed by atoms with Gasteiger partial charge in [0, 0.05) is 23.4 Å². The van der Waals surface area contributed by atoms with Crippen LogP contribution in [0.1, 0.15) is 16.8 Å². The van der Waals surface area contributed by atoms with Crippen LogP contribution in [0.25, 0.3) is 11.7 Å². The normalized spacial score (nSPS) is 11.1. The molecular weight excluding hydrogens is 340 g/mol. The Morgan fingerprint density at radius 1 is 1.28 bits per heavy atom. The highest BCUT2D eigenvalue weighted by atomic mass is 35.5. The number of rotatable bonds is 4. The van der Waals surface area contributed by atoms with Gasteiger partial charge in [-0.1, -0.05) is 29.8 Å². The molecule has 25 heavy (non-hydrogen) atoms. The van der Waals surface area contributed by atoms with Crippen molar-refractivity contribution >= 4 is 29.3 Å². The van der Waals surface area contributed by atoms with Gasteiger partial charge in [-0.3, -0.25) is 9.20 Å². The van der Waals surface area contributed by atoms with Gasteiger partial charge in [-0.15, -0.1) is 0 Å². The number of fused-ring (bicyclic) bond motifs is 1. The molecule has 126 valence electrons.